The van der Waals surface area contributed by atoms with Gasteiger partial charge in [-0.1, -0.05) is 12.1 Å². The topological polar surface area (TPSA) is 58.6 Å². The molecule has 21 heavy (non-hydrogen) atoms. The van der Waals surface area contributed by atoms with E-state index in [0.717, 1.165) is 16.4 Å². The Labute approximate surface area is 120 Å². The first-order valence-corrected chi connectivity index (χ1v) is 7.72. The van der Waals surface area contributed by atoms with Crippen molar-refractivity contribution in [2.24, 2.45) is 0 Å². The first kappa shape index (κ1) is 16.1. The lowest BCUT2D eigenvalue weighted by Crippen LogP contribution is -2.51. The number of ether oxygens (including phenoxy) is 1. The number of hydrogen-bond acceptors (Lipinski definition) is 4. The fourth-order valence-electron chi connectivity index (χ4n) is 2.13. The van der Waals surface area contributed by atoms with Gasteiger partial charge in [-0.25, -0.2) is 8.42 Å². The molecule has 0 amide bonds. The highest BCUT2D eigenvalue weighted by Crippen LogP contribution is 2.31. The first-order chi connectivity index (χ1) is 9.70. The largest absolute Gasteiger partial charge is 0.573 e. The van der Waals surface area contributed by atoms with Crippen LogP contribution in [0.25, 0.3) is 0 Å². The molecule has 1 aromatic rings. The molecule has 0 radical (unpaired) electrons. The summed E-state index contributed by atoms with van der Waals surface area (Å²) in [5.41, 5.74) is 0. The minimum absolute atomic E-state index is 0.0655. The van der Waals surface area contributed by atoms with E-state index in [1.165, 1.54) is 12.1 Å². The van der Waals surface area contributed by atoms with Crippen LogP contribution in [0.5, 0.6) is 5.75 Å². The number of nitrogens with zero attached hydrogens (tertiary/aromatic N) is 1. The zero-order chi connectivity index (χ0) is 15.7. The Bertz CT molecular complexity index is 604. The molecule has 1 heterocycles. The van der Waals surface area contributed by atoms with Crippen molar-refractivity contribution in [1.82, 2.24) is 9.62 Å². The third kappa shape index (κ3) is 3.86. The van der Waals surface area contributed by atoms with Crippen molar-refractivity contribution in [3.8, 4) is 5.75 Å². The number of para-hydroxylation sites is 1. The molecular weight excluding hydrogens is 309 g/mol. The van der Waals surface area contributed by atoms with Gasteiger partial charge in [0.25, 0.3) is 0 Å². The maximum absolute atomic E-state index is 12.5. The van der Waals surface area contributed by atoms with Gasteiger partial charge in [0.2, 0.25) is 10.0 Å². The molecule has 0 spiro atoms. The quantitative estimate of drug-likeness (QED) is 0.917. The van der Waals surface area contributed by atoms with E-state index in [0.29, 0.717) is 6.54 Å². The maximum Gasteiger partial charge on any atom is 0.573 e. The van der Waals surface area contributed by atoms with Gasteiger partial charge in [0.05, 0.1) is 0 Å². The monoisotopic (exact) mass is 324 g/mol. The van der Waals surface area contributed by atoms with Crippen LogP contribution in [0.4, 0.5) is 13.2 Å². The van der Waals surface area contributed by atoms with Gasteiger partial charge in [-0.15, -0.1) is 13.2 Å². The van der Waals surface area contributed by atoms with Crippen molar-refractivity contribution in [2.75, 3.05) is 19.6 Å². The van der Waals surface area contributed by atoms with Gasteiger partial charge in [0.1, 0.15) is 10.6 Å². The van der Waals surface area contributed by atoms with E-state index >= 15 is 0 Å². The molecule has 5 nitrogen and oxygen atoms in total. The second-order valence-corrected chi connectivity index (χ2v) is 6.62. The minimum Gasteiger partial charge on any atom is -0.404 e. The number of alkyl halides is 3. The summed E-state index contributed by atoms with van der Waals surface area (Å²) in [5.74, 6) is -0.712. The molecule has 1 aliphatic heterocycles. The van der Waals surface area contributed by atoms with E-state index in [1.54, 1.807) is 6.92 Å². The average molecular weight is 324 g/mol. The van der Waals surface area contributed by atoms with Crippen molar-refractivity contribution >= 4 is 10.0 Å². The average Bonchev–Trinajstić information content (AvgIpc) is 2.37. The number of hydrogen-bond donors (Lipinski definition) is 1. The predicted molar refractivity (Wildman–Crippen MR) is 69.3 cm³/mol. The lowest BCUT2D eigenvalue weighted by Gasteiger charge is -2.31. The van der Waals surface area contributed by atoms with Gasteiger partial charge in [-0.3, -0.25) is 0 Å². The fourth-order valence-corrected chi connectivity index (χ4v) is 3.77. The molecule has 1 atom stereocenters. The molecule has 118 valence electrons. The maximum atomic E-state index is 12.5. The van der Waals surface area contributed by atoms with Gasteiger partial charge in [-0.2, -0.15) is 4.31 Å². The van der Waals surface area contributed by atoms with Crippen LogP contribution in [0.15, 0.2) is 29.2 Å². The van der Waals surface area contributed by atoms with Crippen LogP contribution >= 0.6 is 0 Å². The van der Waals surface area contributed by atoms with Crippen molar-refractivity contribution < 1.29 is 26.3 Å². The molecule has 1 saturated heterocycles. The molecule has 1 N–H and O–H groups in total. The van der Waals surface area contributed by atoms with Crippen LogP contribution < -0.4 is 10.1 Å². The Kier molecular flexibility index (Phi) is 4.45. The summed E-state index contributed by atoms with van der Waals surface area (Å²) in [6, 6.07) is 4.70. The molecule has 9 heteroatoms. The number of nitrogens with one attached hydrogen (secondary N) is 1. The van der Waals surface area contributed by atoms with Crippen LogP contribution in [-0.4, -0.2) is 44.8 Å². The summed E-state index contributed by atoms with van der Waals surface area (Å²) >= 11 is 0. The third-order valence-electron chi connectivity index (χ3n) is 3.02. The molecule has 0 saturated carbocycles. The molecule has 2 rings (SSSR count). The Morgan fingerprint density at radius 3 is 2.62 bits per heavy atom. The first-order valence-electron chi connectivity index (χ1n) is 6.28. The summed E-state index contributed by atoms with van der Waals surface area (Å²) in [6.45, 7) is 2.65. The summed E-state index contributed by atoms with van der Waals surface area (Å²) < 4.78 is 67.1. The summed E-state index contributed by atoms with van der Waals surface area (Å²) in [4.78, 5) is -0.476. The zero-order valence-electron chi connectivity index (χ0n) is 11.2. The lowest BCUT2D eigenvalue weighted by molar-refractivity contribution is -0.275. The van der Waals surface area contributed by atoms with E-state index in [1.807, 2.05) is 0 Å². The van der Waals surface area contributed by atoms with Crippen LogP contribution in [0.2, 0.25) is 0 Å². The molecule has 0 aliphatic carbocycles. The van der Waals surface area contributed by atoms with Gasteiger partial charge < -0.3 is 10.1 Å². The number of rotatable bonds is 3. The van der Waals surface area contributed by atoms with Crippen LogP contribution in [0.3, 0.4) is 0 Å². The van der Waals surface area contributed by atoms with E-state index in [2.05, 4.69) is 10.1 Å². The van der Waals surface area contributed by atoms with Gasteiger partial charge in [-0.05, 0) is 19.1 Å². The Balaban J connectivity index is 2.36. The second kappa shape index (κ2) is 5.82. The summed E-state index contributed by atoms with van der Waals surface area (Å²) in [6.07, 6.45) is -4.94. The van der Waals surface area contributed by atoms with Crippen LogP contribution in [0.1, 0.15) is 6.92 Å². The third-order valence-corrected chi connectivity index (χ3v) is 4.93. The molecule has 0 bridgehead atoms. The van der Waals surface area contributed by atoms with Crippen LogP contribution in [0, 0.1) is 0 Å². The van der Waals surface area contributed by atoms with E-state index in [9.17, 15) is 21.6 Å². The van der Waals surface area contributed by atoms with Crippen molar-refractivity contribution in [3.05, 3.63) is 24.3 Å². The highest BCUT2D eigenvalue weighted by Gasteiger charge is 2.36. The number of halogens is 3. The SMILES string of the molecule is C[C@H]1CN(S(=O)(=O)c2ccccc2OC(F)(F)F)CCN1. The normalized spacial score (nSPS) is 21.2. The van der Waals surface area contributed by atoms with Crippen LogP contribution in [-0.2, 0) is 10.0 Å². The highest BCUT2D eigenvalue weighted by atomic mass is 32.2. The van der Waals surface area contributed by atoms with Gasteiger partial charge >= 0.3 is 6.36 Å². The molecule has 0 unspecified atom stereocenters. The van der Waals surface area contributed by atoms with Crippen molar-refractivity contribution in [1.29, 1.82) is 0 Å². The Morgan fingerprint density at radius 2 is 2.00 bits per heavy atom. The summed E-state index contributed by atoms with van der Waals surface area (Å²) in [5, 5.41) is 3.07. The van der Waals surface area contributed by atoms with Crippen molar-refractivity contribution in [2.45, 2.75) is 24.2 Å². The standard InChI is InChI=1S/C12H15F3N2O3S/c1-9-8-17(7-6-16-9)21(18,19)11-5-3-2-4-10(11)20-12(13,14)15/h2-5,9,16H,6-8H2,1H3/t9-/m0/s1. The molecule has 0 aromatic heterocycles. The van der Waals surface area contributed by atoms with E-state index in [4.69, 9.17) is 0 Å². The second-order valence-electron chi connectivity index (χ2n) is 4.71. The number of benzene rings is 1. The Hall–Kier alpha value is -1.32. The summed E-state index contributed by atoms with van der Waals surface area (Å²) in [7, 11) is -4.03. The zero-order valence-corrected chi connectivity index (χ0v) is 12.0. The molecular formula is C12H15F3N2O3S. The molecule has 1 aromatic carbocycles. The Morgan fingerprint density at radius 1 is 1.33 bits per heavy atom. The van der Waals surface area contributed by atoms with E-state index in [-0.39, 0.29) is 19.1 Å². The minimum atomic E-state index is -4.94. The van der Waals surface area contributed by atoms with Gasteiger partial charge in [0.15, 0.2) is 0 Å². The number of piperazine rings is 1. The number of sulfonamides is 1. The predicted octanol–water partition coefficient (Wildman–Crippen LogP) is 1.57. The van der Waals surface area contributed by atoms with E-state index < -0.39 is 27.0 Å². The molecule has 1 aliphatic rings. The smallest absolute Gasteiger partial charge is 0.404 e. The molecule has 1 fully saturated rings. The highest BCUT2D eigenvalue weighted by molar-refractivity contribution is 7.89. The fraction of sp³-hybridized carbons (Fsp3) is 0.500. The van der Waals surface area contributed by atoms with Gasteiger partial charge in [0, 0.05) is 25.7 Å². The van der Waals surface area contributed by atoms with Crippen molar-refractivity contribution in [3.63, 3.8) is 0 Å². The lowest BCUT2D eigenvalue weighted by atomic mass is 10.3.